The molecule has 14 heavy (non-hydrogen) atoms. The van der Waals surface area contributed by atoms with Crippen LogP contribution >= 0.6 is 0 Å². The third-order valence-corrected chi connectivity index (χ3v) is 2.14. The highest BCUT2D eigenvalue weighted by Gasteiger charge is 2.03. The maximum absolute atomic E-state index is 5.69. The summed E-state index contributed by atoms with van der Waals surface area (Å²) in [6, 6.07) is 3.82. The molecule has 0 amide bonds. The standard InChI is InChI=1S/C11H18N2O/c1-3-5-9(2)14-8-10-6-4-7-13-11(10)12/h4,6-7,9H,3,5,8H2,1-2H3,(H2,12,13). The molecule has 2 N–H and O–H groups in total. The van der Waals surface area contributed by atoms with Crippen LogP contribution < -0.4 is 5.73 Å². The van der Waals surface area contributed by atoms with E-state index in [1.54, 1.807) is 6.20 Å². The van der Waals surface area contributed by atoms with E-state index in [4.69, 9.17) is 10.5 Å². The Morgan fingerprint density at radius 2 is 2.36 bits per heavy atom. The molecule has 3 nitrogen and oxygen atoms in total. The van der Waals surface area contributed by atoms with E-state index < -0.39 is 0 Å². The van der Waals surface area contributed by atoms with Gasteiger partial charge in [-0.1, -0.05) is 19.4 Å². The Bertz CT molecular complexity index is 276. The summed E-state index contributed by atoms with van der Waals surface area (Å²) in [5.41, 5.74) is 6.66. The summed E-state index contributed by atoms with van der Waals surface area (Å²) in [6.07, 6.45) is 4.21. The number of ether oxygens (including phenoxy) is 1. The third kappa shape index (κ3) is 3.34. The van der Waals surface area contributed by atoms with Crippen LogP contribution in [-0.2, 0) is 11.3 Å². The van der Waals surface area contributed by atoms with Crippen LogP contribution in [0.3, 0.4) is 0 Å². The van der Waals surface area contributed by atoms with Gasteiger partial charge in [0.25, 0.3) is 0 Å². The van der Waals surface area contributed by atoms with Crippen molar-refractivity contribution in [3.05, 3.63) is 23.9 Å². The second-order valence-electron chi connectivity index (χ2n) is 3.46. The van der Waals surface area contributed by atoms with Crippen LogP contribution in [0.25, 0.3) is 0 Å². The van der Waals surface area contributed by atoms with E-state index in [0.29, 0.717) is 18.5 Å². The lowest BCUT2D eigenvalue weighted by Gasteiger charge is -2.12. The van der Waals surface area contributed by atoms with Crippen LogP contribution in [-0.4, -0.2) is 11.1 Å². The zero-order valence-corrected chi connectivity index (χ0v) is 8.86. The predicted molar refractivity (Wildman–Crippen MR) is 57.8 cm³/mol. The highest BCUT2D eigenvalue weighted by molar-refractivity contribution is 5.37. The monoisotopic (exact) mass is 194 g/mol. The minimum atomic E-state index is 0.291. The van der Waals surface area contributed by atoms with Gasteiger partial charge >= 0.3 is 0 Å². The molecule has 0 fully saturated rings. The van der Waals surface area contributed by atoms with E-state index in [1.165, 1.54) is 0 Å². The molecular formula is C11H18N2O. The van der Waals surface area contributed by atoms with Crippen LogP contribution in [0.5, 0.6) is 0 Å². The van der Waals surface area contributed by atoms with E-state index in [0.717, 1.165) is 18.4 Å². The van der Waals surface area contributed by atoms with E-state index in [9.17, 15) is 0 Å². The Balaban J connectivity index is 2.41. The Hall–Kier alpha value is -1.09. The second-order valence-corrected chi connectivity index (χ2v) is 3.46. The van der Waals surface area contributed by atoms with Crippen LogP contribution in [0.2, 0.25) is 0 Å². The fourth-order valence-electron chi connectivity index (χ4n) is 1.29. The number of anilines is 1. The molecule has 1 aromatic rings. The van der Waals surface area contributed by atoms with Crippen LogP contribution in [0.1, 0.15) is 32.3 Å². The van der Waals surface area contributed by atoms with E-state index in [2.05, 4.69) is 18.8 Å². The lowest BCUT2D eigenvalue weighted by molar-refractivity contribution is 0.0474. The van der Waals surface area contributed by atoms with Crippen molar-refractivity contribution in [2.45, 2.75) is 39.4 Å². The van der Waals surface area contributed by atoms with Crippen LogP contribution in [0.15, 0.2) is 18.3 Å². The van der Waals surface area contributed by atoms with Crippen molar-refractivity contribution in [3.63, 3.8) is 0 Å². The average molecular weight is 194 g/mol. The number of nitrogens with two attached hydrogens (primary N) is 1. The van der Waals surface area contributed by atoms with Gasteiger partial charge in [0, 0.05) is 11.8 Å². The van der Waals surface area contributed by atoms with Gasteiger partial charge in [-0.05, 0) is 19.4 Å². The molecule has 0 aliphatic heterocycles. The number of hydrogen-bond donors (Lipinski definition) is 1. The lowest BCUT2D eigenvalue weighted by Crippen LogP contribution is -2.08. The molecule has 0 bridgehead atoms. The summed E-state index contributed by atoms with van der Waals surface area (Å²) in [4.78, 5) is 4.00. The number of aromatic nitrogens is 1. The summed E-state index contributed by atoms with van der Waals surface area (Å²) in [7, 11) is 0. The normalized spacial score (nSPS) is 12.7. The molecular weight excluding hydrogens is 176 g/mol. The molecule has 1 atom stereocenters. The van der Waals surface area contributed by atoms with Crippen molar-refractivity contribution in [1.82, 2.24) is 4.98 Å². The molecule has 1 rings (SSSR count). The molecule has 1 aromatic heterocycles. The zero-order valence-electron chi connectivity index (χ0n) is 8.86. The SMILES string of the molecule is CCCC(C)OCc1cccnc1N. The number of nitrogen functional groups attached to an aromatic ring is 1. The fraction of sp³-hybridized carbons (Fsp3) is 0.545. The Labute approximate surface area is 85.3 Å². The smallest absolute Gasteiger partial charge is 0.128 e. The van der Waals surface area contributed by atoms with E-state index in [-0.39, 0.29) is 0 Å². The van der Waals surface area contributed by atoms with Crippen molar-refractivity contribution in [2.24, 2.45) is 0 Å². The lowest BCUT2D eigenvalue weighted by atomic mass is 10.2. The fourth-order valence-corrected chi connectivity index (χ4v) is 1.29. The minimum Gasteiger partial charge on any atom is -0.383 e. The van der Waals surface area contributed by atoms with Gasteiger partial charge in [-0.15, -0.1) is 0 Å². The maximum atomic E-state index is 5.69. The summed E-state index contributed by atoms with van der Waals surface area (Å²) in [6.45, 7) is 4.79. The second kappa shape index (κ2) is 5.60. The summed E-state index contributed by atoms with van der Waals surface area (Å²) in [5.74, 6) is 0.566. The van der Waals surface area contributed by atoms with Crippen molar-refractivity contribution in [2.75, 3.05) is 5.73 Å². The van der Waals surface area contributed by atoms with Crippen molar-refractivity contribution in [1.29, 1.82) is 0 Å². The van der Waals surface area contributed by atoms with Gasteiger partial charge in [0.15, 0.2) is 0 Å². The molecule has 0 aliphatic rings. The van der Waals surface area contributed by atoms with Crippen molar-refractivity contribution >= 4 is 5.82 Å². The molecule has 0 saturated heterocycles. The Morgan fingerprint density at radius 1 is 1.57 bits per heavy atom. The Kier molecular flexibility index (Phi) is 4.40. The predicted octanol–water partition coefficient (Wildman–Crippen LogP) is 2.37. The summed E-state index contributed by atoms with van der Waals surface area (Å²) >= 11 is 0. The van der Waals surface area contributed by atoms with Crippen LogP contribution in [0, 0.1) is 0 Å². The first kappa shape index (κ1) is 11.0. The first-order valence-electron chi connectivity index (χ1n) is 5.05. The van der Waals surface area contributed by atoms with E-state index >= 15 is 0 Å². The van der Waals surface area contributed by atoms with Gasteiger partial charge in [-0.2, -0.15) is 0 Å². The van der Waals surface area contributed by atoms with Gasteiger partial charge < -0.3 is 10.5 Å². The van der Waals surface area contributed by atoms with Gasteiger partial charge in [0.1, 0.15) is 5.82 Å². The highest BCUT2D eigenvalue weighted by atomic mass is 16.5. The number of rotatable bonds is 5. The van der Waals surface area contributed by atoms with Gasteiger partial charge in [0.05, 0.1) is 12.7 Å². The number of hydrogen-bond acceptors (Lipinski definition) is 3. The molecule has 78 valence electrons. The van der Waals surface area contributed by atoms with Gasteiger partial charge in [-0.3, -0.25) is 0 Å². The third-order valence-electron chi connectivity index (χ3n) is 2.14. The molecule has 3 heteroatoms. The van der Waals surface area contributed by atoms with Crippen molar-refractivity contribution in [3.8, 4) is 0 Å². The van der Waals surface area contributed by atoms with Crippen molar-refractivity contribution < 1.29 is 4.74 Å². The van der Waals surface area contributed by atoms with E-state index in [1.807, 2.05) is 12.1 Å². The largest absolute Gasteiger partial charge is 0.383 e. The van der Waals surface area contributed by atoms with Gasteiger partial charge in [-0.25, -0.2) is 4.98 Å². The number of pyridine rings is 1. The maximum Gasteiger partial charge on any atom is 0.128 e. The minimum absolute atomic E-state index is 0.291. The molecule has 1 unspecified atom stereocenters. The first-order chi connectivity index (χ1) is 6.74. The summed E-state index contributed by atoms with van der Waals surface area (Å²) in [5, 5.41) is 0. The summed E-state index contributed by atoms with van der Waals surface area (Å²) < 4.78 is 5.63. The molecule has 0 radical (unpaired) electrons. The highest BCUT2D eigenvalue weighted by Crippen LogP contribution is 2.11. The van der Waals surface area contributed by atoms with Gasteiger partial charge in [0.2, 0.25) is 0 Å². The zero-order chi connectivity index (χ0) is 10.4. The molecule has 0 aliphatic carbocycles. The molecule has 0 saturated carbocycles. The van der Waals surface area contributed by atoms with Crippen LogP contribution in [0.4, 0.5) is 5.82 Å². The Morgan fingerprint density at radius 3 is 3.00 bits per heavy atom. The molecule has 0 aromatic carbocycles. The number of nitrogens with zero attached hydrogens (tertiary/aromatic N) is 1. The molecule has 0 spiro atoms. The topological polar surface area (TPSA) is 48.1 Å². The quantitative estimate of drug-likeness (QED) is 0.782. The average Bonchev–Trinajstić information content (AvgIpc) is 2.17. The first-order valence-corrected chi connectivity index (χ1v) is 5.05. The molecule has 1 heterocycles.